The van der Waals surface area contributed by atoms with Crippen LogP contribution >= 0.6 is 22.9 Å². The summed E-state index contributed by atoms with van der Waals surface area (Å²) in [5.41, 5.74) is -0.947. The summed E-state index contributed by atoms with van der Waals surface area (Å²) in [6.07, 6.45) is -4.44. The SMILES string of the molecule is FC(F)(F)c1cc(Cl)c2ccsc2n1. The van der Waals surface area contributed by atoms with Gasteiger partial charge in [-0.25, -0.2) is 4.98 Å². The first-order valence-corrected chi connectivity index (χ1v) is 4.85. The standard InChI is InChI=1S/C8H3ClF3NS/c9-5-3-6(8(10,11)12)13-7-4(5)1-2-14-7/h1-3H. The third-order valence-electron chi connectivity index (χ3n) is 1.68. The van der Waals surface area contributed by atoms with Crippen molar-refractivity contribution in [1.29, 1.82) is 0 Å². The molecule has 0 fully saturated rings. The van der Waals surface area contributed by atoms with E-state index in [-0.39, 0.29) is 5.02 Å². The normalized spacial score (nSPS) is 12.3. The van der Waals surface area contributed by atoms with Gasteiger partial charge in [-0.05, 0) is 17.5 Å². The molecule has 6 heteroatoms. The molecule has 0 unspecified atom stereocenters. The van der Waals surface area contributed by atoms with Gasteiger partial charge in [0, 0.05) is 5.39 Å². The first kappa shape index (κ1) is 9.73. The molecule has 0 atom stereocenters. The first-order chi connectivity index (χ1) is 6.48. The van der Waals surface area contributed by atoms with Crippen LogP contribution < -0.4 is 0 Å². The molecule has 1 nitrogen and oxygen atoms in total. The highest BCUT2D eigenvalue weighted by atomic mass is 35.5. The van der Waals surface area contributed by atoms with Gasteiger partial charge in [-0.2, -0.15) is 13.2 Å². The van der Waals surface area contributed by atoms with Gasteiger partial charge in [0.1, 0.15) is 10.5 Å². The Kier molecular flexibility index (Phi) is 2.16. The van der Waals surface area contributed by atoms with Crippen molar-refractivity contribution >= 4 is 33.2 Å². The number of rotatable bonds is 0. The molecule has 0 saturated carbocycles. The van der Waals surface area contributed by atoms with E-state index in [1.54, 1.807) is 11.4 Å². The molecule has 2 heterocycles. The number of hydrogen-bond donors (Lipinski definition) is 0. The second-order valence-electron chi connectivity index (χ2n) is 2.63. The van der Waals surface area contributed by atoms with Crippen molar-refractivity contribution < 1.29 is 13.2 Å². The molecule has 2 aromatic heterocycles. The molecule has 14 heavy (non-hydrogen) atoms. The van der Waals surface area contributed by atoms with Gasteiger partial charge in [0.2, 0.25) is 0 Å². The maximum absolute atomic E-state index is 12.3. The number of aromatic nitrogens is 1. The van der Waals surface area contributed by atoms with Gasteiger partial charge in [0.15, 0.2) is 0 Å². The van der Waals surface area contributed by atoms with Gasteiger partial charge in [-0.3, -0.25) is 0 Å². The lowest BCUT2D eigenvalue weighted by atomic mass is 10.3. The van der Waals surface area contributed by atoms with Crippen LogP contribution in [0.2, 0.25) is 5.02 Å². The fraction of sp³-hybridized carbons (Fsp3) is 0.125. The third-order valence-corrected chi connectivity index (χ3v) is 2.80. The average molecular weight is 238 g/mol. The fourth-order valence-corrected chi connectivity index (χ4v) is 2.16. The van der Waals surface area contributed by atoms with E-state index in [0.29, 0.717) is 10.2 Å². The van der Waals surface area contributed by atoms with E-state index in [2.05, 4.69) is 4.98 Å². The predicted octanol–water partition coefficient (Wildman–Crippen LogP) is 3.97. The molecular weight excluding hydrogens is 235 g/mol. The van der Waals surface area contributed by atoms with Gasteiger partial charge in [0.25, 0.3) is 0 Å². The van der Waals surface area contributed by atoms with Crippen molar-refractivity contribution in [2.24, 2.45) is 0 Å². The molecule has 0 spiro atoms. The van der Waals surface area contributed by atoms with Gasteiger partial charge in [-0.1, -0.05) is 11.6 Å². The number of nitrogens with zero attached hydrogens (tertiary/aromatic N) is 1. The number of fused-ring (bicyclic) bond motifs is 1. The van der Waals surface area contributed by atoms with Crippen LogP contribution in [0.1, 0.15) is 5.69 Å². The molecule has 0 bridgehead atoms. The predicted molar refractivity (Wildman–Crippen MR) is 49.6 cm³/mol. The molecule has 0 aliphatic heterocycles. The highest BCUT2D eigenvalue weighted by Gasteiger charge is 2.33. The van der Waals surface area contributed by atoms with Gasteiger partial charge in [0.05, 0.1) is 5.02 Å². The molecule has 0 amide bonds. The van der Waals surface area contributed by atoms with Gasteiger partial charge in [-0.15, -0.1) is 11.3 Å². The van der Waals surface area contributed by atoms with Gasteiger partial charge < -0.3 is 0 Å². The first-order valence-electron chi connectivity index (χ1n) is 3.59. The molecule has 0 N–H and O–H groups in total. The van der Waals surface area contributed by atoms with Crippen LogP contribution in [0.15, 0.2) is 17.5 Å². The monoisotopic (exact) mass is 237 g/mol. The van der Waals surface area contributed by atoms with Crippen LogP contribution in [0.25, 0.3) is 10.2 Å². The molecule has 2 aromatic rings. The zero-order chi connectivity index (χ0) is 10.3. The van der Waals surface area contributed by atoms with Crippen molar-refractivity contribution in [3.63, 3.8) is 0 Å². The summed E-state index contributed by atoms with van der Waals surface area (Å²) in [7, 11) is 0. The molecule has 0 radical (unpaired) electrons. The largest absolute Gasteiger partial charge is 0.433 e. The van der Waals surface area contributed by atoms with Crippen LogP contribution in [-0.2, 0) is 6.18 Å². The smallest absolute Gasteiger partial charge is 0.232 e. The number of halogens is 4. The van der Waals surface area contributed by atoms with Crippen LogP contribution in [-0.4, -0.2) is 4.98 Å². The second-order valence-corrected chi connectivity index (χ2v) is 3.93. The Morgan fingerprint density at radius 3 is 2.71 bits per heavy atom. The topological polar surface area (TPSA) is 12.9 Å². The summed E-state index contributed by atoms with van der Waals surface area (Å²) in [5, 5.41) is 2.30. The van der Waals surface area contributed by atoms with Gasteiger partial charge >= 0.3 is 6.18 Å². The van der Waals surface area contributed by atoms with E-state index in [1.165, 1.54) is 0 Å². The Morgan fingerprint density at radius 2 is 2.07 bits per heavy atom. The van der Waals surface area contributed by atoms with Crippen molar-refractivity contribution in [3.05, 3.63) is 28.2 Å². The molecule has 0 aliphatic rings. The van der Waals surface area contributed by atoms with E-state index in [1.807, 2.05) is 0 Å². The lowest BCUT2D eigenvalue weighted by Gasteiger charge is -2.05. The Morgan fingerprint density at radius 1 is 1.36 bits per heavy atom. The highest BCUT2D eigenvalue weighted by Crippen LogP contribution is 2.34. The van der Waals surface area contributed by atoms with E-state index in [9.17, 15) is 13.2 Å². The fourth-order valence-electron chi connectivity index (χ4n) is 1.05. The zero-order valence-corrected chi connectivity index (χ0v) is 8.17. The van der Waals surface area contributed by atoms with E-state index in [4.69, 9.17) is 11.6 Å². The summed E-state index contributed by atoms with van der Waals surface area (Å²) in [5.74, 6) is 0. The van der Waals surface area contributed by atoms with Crippen LogP contribution in [0, 0.1) is 0 Å². The zero-order valence-electron chi connectivity index (χ0n) is 6.60. The quantitative estimate of drug-likeness (QED) is 0.676. The van der Waals surface area contributed by atoms with E-state index in [0.717, 1.165) is 17.4 Å². The minimum atomic E-state index is -4.44. The lowest BCUT2D eigenvalue weighted by Crippen LogP contribution is -2.07. The Balaban J connectivity index is 2.70. The van der Waals surface area contributed by atoms with Crippen molar-refractivity contribution in [1.82, 2.24) is 4.98 Å². The summed E-state index contributed by atoms with van der Waals surface area (Å²) in [6, 6.07) is 2.49. The number of alkyl halides is 3. The maximum atomic E-state index is 12.3. The molecular formula is C8H3ClF3NS. The molecule has 0 saturated heterocycles. The highest BCUT2D eigenvalue weighted by molar-refractivity contribution is 7.16. The third kappa shape index (κ3) is 1.57. The van der Waals surface area contributed by atoms with Crippen molar-refractivity contribution in [3.8, 4) is 0 Å². The number of hydrogen-bond acceptors (Lipinski definition) is 2. The van der Waals surface area contributed by atoms with Crippen molar-refractivity contribution in [2.45, 2.75) is 6.18 Å². The summed E-state index contributed by atoms with van der Waals surface area (Å²) >= 11 is 6.81. The number of thiophene rings is 1. The Hall–Kier alpha value is -0.810. The minimum absolute atomic E-state index is 0.0866. The minimum Gasteiger partial charge on any atom is -0.232 e. The molecule has 0 aliphatic carbocycles. The van der Waals surface area contributed by atoms with Crippen molar-refractivity contribution in [2.75, 3.05) is 0 Å². The van der Waals surface area contributed by atoms with E-state index >= 15 is 0 Å². The second kappa shape index (κ2) is 3.10. The Bertz CT molecular complexity index is 477. The lowest BCUT2D eigenvalue weighted by molar-refractivity contribution is -0.140. The van der Waals surface area contributed by atoms with Crippen LogP contribution in [0.3, 0.4) is 0 Å². The summed E-state index contributed by atoms with van der Waals surface area (Å²) in [6.45, 7) is 0. The molecule has 74 valence electrons. The molecule has 2 rings (SSSR count). The molecule has 0 aromatic carbocycles. The van der Waals surface area contributed by atoms with E-state index < -0.39 is 11.9 Å². The maximum Gasteiger partial charge on any atom is 0.433 e. The summed E-state index contributed by atoms with van der Waals surface area (Å²) < 4.78 is 36.9. The van der Waals surface area contributed by atoms with Crippen LogP contribution in [0.5, 0.6) is 0 Å². The number of pyridine rings is 1. The summed E-state index contributed by atoms with van der Waals surface area (Å²) in [4.78, 5) is 3.79. The van der Waals surface area contributed by atoms with Crippen LogP contribution in [0.4, 0.5) is 13.2 Å². The average Bonchev–Trinajstić information content (AvgIpc) is 2.50. The Labute approximate surface area is 86.1 Å².